The van der Waals surface area contributed by atoms with E-state index in [-0.39, 0.29) is 29.0 Å². The fourth-order valence-electron chi connectivity index (χ4n) is 3.72. The average Bonchev–Trinajstić information content (AvgIpc) is 3.52. The van der Waals surface area contributed by atoms with E-state index in [1.54, 1.807) is 4.68 Å². The van der Waals surface area contributed by atoms with Crippen LogP contribution in [0.1, 0.15) is 41.2 Å². The number of benzene rings is 1. The predicted molar refractivity (Wildman–Crippen MR) is 127 cm³/mol. The van der Waals surface area contributed by atoms with Crippen LogP contribution in [-0.4, -0.2) is 47.2 Å². The zero-order valence-electron chi connectivity index (χ0n) is 19.8. The zero-order chi connectivity index (χ0) is 24.6. The Balaban J connectivity index is 1.57. The molecule has 0 saturated heterocycles. The lowest BCUT2D eigenvalue weighted by atomic mass is 10.1. The van der Waals surface area contributed by atoms with Crippen LogP contribution in [0.3, 0.4) is 0 Å². The minimum absolute atomic E-state index is 0.0196. The number of aromatic nitrogens is 4. The molecule has 0 bridgehead atoms. The topological polar surface area (TPSA) is 128 Å². The summed E-state index contributed by atoms with van der Waals surface area (Å²) in [5.41, 5.74) is 4.13. The molecule has 3 aromatic rings. The number of nitrogens with zero attached hydrogens (tertiary/aromatic N) is 4. The van der Waals surface area contributed by atoms with Crippen molar-refractivity contribution in [2.75, 3.05) is 12.4 Å². The van der Waals surface area contributed by atoms with Crippen molar-refractivity contribution in [1.29, 1.82) is 0 Å². The van der Waals surface area contributed by atoms with E-state index >= 15 is 0 Å². The number of amides is 1. The Kier molecular flexibility index (Phi) is 6.41. The molecule has 0 spiro atoms. The molecule has 1 amide bonds. The number of carbonyl (C=O) groups is 1. The van der Waals surface area contributed by atoms with Gasteiger partial charge in [-0.1, -0.05) is 0 Å². The van der Waals surface area contributed by atoms with E-state index in [1.165, 1.54) is 25.3 Å². The lowest BCUT2D eigenvalue weighted by Crippen LogP contribution is -2.26. The number of ether oxygens (including phenoxy) is 1. The van der Waals surface area contributed by atoms with Crippen molar-refractivity contribution < 1.29 is 17.9 Å². The number of rotatable bonds is 8. The number of methoxy groups -OCH3 is 1. The third-order valence-electron chi connectivity index (χ3n) is 5.59. The molecule has 0 unspecified atom stereocenters. The summed E-state index contributed by atoms with van der Waals surface area (Å²) >= 11 is 0. The molecule has 34 heavy (non-hydrogen) atoms. The lowest BCUT2D eigenvalue weighted by molar-refractivity contribution is -0.115. The fourth-order valence-corrected chi connectivity index (χ4v) is 5.05. The van der Waals surface area contributed by atoms with Crippen LogP contribution in [0, 0.1) is 27.7 Å². The van der Waals surface area contributed by atoms with Crippen LogP contribution in [0.4, 0.5) is 5.69 Å². The summed E-state index contributed by atoms with van der Waals surface area (Å²) in [4.78, 5) is 21.9. The van der Waals surface area contributed by atoms with Crippen LogP contribution in [0.25, 0.3) is 5.95 Å². The van der Waals surface area contributed by atoms with Gasteiger partial charge in [0.15, 0.2) is 0 Å². The molecule has 11 heteroatoms. The minimum Gasteiger partial charge on any atom is -0.495 e. The molecule has 2 aromatic heterocycles. The van der Waals surface area contributed by atoms with Gasteiger partial charge in [0.05, 0.1) is 29.8 Å². The highest BCUT2D eigenvalue weighted by molar-refractivity contribution is 7.89. The van der Waals surface area contributed by atoms with Gasteiger partial charge in [-0.2, -0.15) is 5.10 Å². The number of aryl methyl sites for hydroxylation is 3. The molecule has 1 aromatic carbocycles. The second-order valence-electron chi connectivity index (χ2n) is 8.49. The Morgan fingerprint density at radius 3 is 2.41 bits per heavy atom. The van der Waals surface area contributed by atoms with Crippen molar-refractivity contribution in [1.82, 2.24) is 24.5 Å². The molecule has 1 aliphatic rings. The smallest absolute Gasteiger partial charge is 0.251 e. The second-order valence-corrected chi connectivity index (χ2v) is 10.2. The quantitative estimate of drug-likeness (QED) is 0.503. The molecule has 2 heterocycles. The predicted octanol–water partition coefficient (Wildman–Crippen LogP) is 2.53. The largest absolute Gasteiger partial charge is 0.495 e. The molecule has 1 aliphatic carbocycles. The first kappa shape index (κ1) is 23.8. The molecule has 1 saturated carbocycles. The third-order valence-corrected chi connectivity index (χ3v) is 7.11. The zero-order valence-corrected chi connectivity index (χ0v) is 20.7. The van der Waals surface area contributed by atoms with Gasteiger partial charge in [0.1, 0.15) is 5.75 Å². The molecule has 4 rings (SSSR count). The minimum atomic E-state index is -3.67. The summed E-state index contributed by atoms with van der Waals surface area (Å²) < 4.78 is 34.8. The molecular weight excluding hydrogens is 456 g/mol. The summed E-state index contributed by atoms with van der Waals surface area (Å²) in [6, 6.07) is 6.26. The van der Waals surface area contributed by atoms with Gasteiger partial charge in [-0.25, -0.2) is 27.8 Å². The second kappa shape index (κ2) is 9.15. The van der Waals surface area contributed by atoms with Gasteiger partial charge in [-0.05, 0) is 64.8 Å². The van der Waals surface area contributed by atoms with Gasteiger partial charge in [0.2, 0.25) is 15.9 Å². The Hall–Kier alpha value is -3.31. The SMILES string of the molecule is COc1ccc(S(=O)(=O)NC2CC2)cc1NC(=O)Cc1c(C)nn(-c2nc(C)cc(C)n2)c1C. The van der Waals surface area contributed by atoms with E-state index in [0.29, 0.717) is 17.4 Å². The molecule has 0 aliphatic heterocycles. The molecule has 0 atom stereocenters. The fraction of sp³-hybridized carbons (Fsp3) is 0.391. The lowest BCUT2D eigenvalue weighted by Gasteiger charge is -2.13. The van der Waals surface area contributed by atoms with Crippen molar-refractivity contribution in [3.05, 3.63) is 52.6 Å². The highest BCUT2D eigenvalue weighted by Crippen LogP contribution is 2.29. The first-order valence-electron chi connectivity index (χ1n) is 11.0. The van der Waals surface area contributed by atoms with Crippen molar-refractivity contribution in [2.24, 2.45) is 0 Å². The maximum Gasteiger partial charge on any atom is 0.251 e. The Labute approximate surface area is 198 Å². The van der Waals surface area contributed by atoms with E-state index in [0.717, 1.165) is 35.5 Å². The number of carbonyl (C=O) groups excluding carboxylic acids is 1. The van der Waals surface area contributed by atoms with E-state index < -0.39 is 10.0 Å². The van der Waals surface area contributed by atoms with Crippen LogP contribution in [-0.2, 0) is 21.2 Å². The first-order valence-corrected chi connectivity index (χ1v) is 12.4. The third kappa shape index (κ3) is 5.10. The molecule has 0 radical (unpaired) electrons. The number of hydrogen-bond donors (Lipinski definition) is 2. The summed E-state index contributed by atoms with van der Waals surface area (Å²) in [6.45, 7) is 7.47. The van der Waals surface area contributed by atoms with Crippen molar-refractivity contribution in [3.63, 3.8) is 0 Å². The number of nitrogens with one attached hydrogen (secondary N) is 2. The molecule has 10 nitrogen and oxygen atoms in total. The summed E-state index contributed by atoms with van der Waals surface area (Å²) in [5.74, 6) is 0.495. The maximum atomic E-state index is 13.0. The highest BCUT2D eigenvalue weighted by Gasteiger charge is 2.28. The molecule has 1 fully saturated rings. The Morgan fingerprint density at radius 1 is 1.12 bits per heavy atom. The molecule has 180 valence electrons. The van der Waals surface area contributed by atoms with Crippen LogP contribution in [0.5, 0.6) is 5.75 Å². The van der Waals surface area contributed by atoms with E-state index in [4.69, 9.17) is 4.74 Å². The van der Waals surface area contributed by atoms with E-state index in [9.17, 15) is 13.2 Å². The van der Waals surface area contributed by atoms with Gasteiger partial charge in [-0.15, -0.1) is 0 Å². The van der Waals surface area contributed by atoms with Gasteiger partial charge in [0, 0.05) is 28.7 Å². The Bertz CT molecular complexity index is 1340. The van der Waals surface area contributed by atoms with E-state index in [2.05, 4.69) is 25.1 Å². The summed E-state index contributed by atoms with van der Waals surface area (Å²) in [5, 5.41) is 7.32. The van der Waals surface area contributed by atoms with Crippen molar-refractivity contribution >= 4 is 21.6 Å². The highest BCUT2D eigenvalue weighted by atomic mass is 32.2. The maximum absolute atomic E-state index is 13.0. The van der Waals surface area contributed by atoms with Gasteiger partial charge < -0.3 is 10.1 Å². The van der Waals surface area contributed by atoms with Crippen molar-refractivity contribution in [3.8, 4) is 11.7 Å². The number of hydrogen-bond acceptors (Lipinski definition) is 7. The normalized spacial score (nSPS) is 13.7. The van der Waals surface area contributed by atoms with Gasteiger partial charge in [0.25, 0.3) is 5.95 Å². The first-order chi connectivity index (χ1) is 16.1. The Morgan fingerprint density at radius 2 is 1.79 bits per heavy atom. The molecule has 2 N–H and O–H groups in total. The van der Waals surface area contributed by atoms with Gasteiger partial charge >= 0.3 is 0 Å². The van der Waals surface area contributed by atoms with Crippen LogP contribution in [0.15, 0.2) is 29.2 Å². The molecular formula is C23H28N6O4S. The average molecular weight is 485 g/mol. The van der Waals surface area contributed by atoms with Crippen LogP contribution < -0.4 is 14.8 Å². The van der Waals surface area contributed by atoms with Crippen LogP contribution >= 0.6 is 0 Å². The summed E-state index contributed by atoms with van der Waals surface area (Å²) in [7, 11) is -2.21. The summed E-state index contributed by atoms with van der Waals surface area (Å²) in [6.07, 6.45) is 1.71. The monoisotopic (exact) mass is 484 g/mol. The number of anilines is 1. The van der Waals surface area contributed by atoms with Crippen LogP contribution in [0.2, 0.25) is 0 Å². The van der Waals surface area contributed by atoms with Gasteiger partial charge in [-0.3, -0.25) is 4.79 Å². The number of sulfonamides is 1. The van der Waals surface area contributed by atoms with E-state index in [1.807, 2.05) is 33.8 Å². The standard InChI is InChI=1S/C23H28N6O4S/c1-13-10-14(2)25-23(24-13)29-16(4)19(15(3)27-29)12-22(30)26-20-11-18(8-9-21(20)33-5)34(31,32)28-17-6-7-17/h8-11,17,28H,6-7,12H2,1-5H3,(H,26,30). The van der Waals surface area contributed by atoms with Crippen molar-refractivity contribution in [2.45, 2.75) is 57.9 Å².